The van der Waals surface area contributed by atoms with E-state index in [4.69, 9.17) is 4.74 Å². The standard InChI is InChI=1S/C39H46FN3O3.C2H6/c1-4-25(2)34-20-27(12-19-36(34)42-38(29-13-14-29)41-35-11-6-5-8-26(35)3)21-37(28-9-7-10-28)43-23-31(40)22-32(43)24-46-33-17-15-30(16-18-33)39(44)45;1-2/h5-6,8,11-12,15-20,25,31-32,41-42H,4,7,9-10,13-14,21-24H2,1-3H3,(H,44,45);1-2H3. The fourth-order valence-electron chi connectivity index (χ4n) is 6.47. The Labute approximate surface area is 286 Å². The van der Waals surface area contributed by atoms with Crippen LogP contribution in [-0.2, 0) is 6.42 Å². The number of carboxylic acid groups (broad SMARTS) is 1. The second-order valence-corrected chi connectivity index (χ2v) is 13.1. The highest BCUT2D eigenvalue weighted by Gasteiger charge is 2.36. The van der Waals surface area contributed by atoms with Gasteiger partial charge in [-0.05, 0) is 110 Å². The second-order valence-electron chi connectivity index (χ2n) is 13.1. The maximum absolute atomic E-state index is 15.0. The normalized spacial score (nSPS) is 18.7. The predicted octanol–water partition coefficient (Wildman–Crippen LogP) is 10.2. The Kier molecular flexibility index (Phi) is 11.9. The molecular formula is C41H52FN3O3. The minimum absolute atomic E-state index is 0.0764. The van der Waals surface area contributed by atoms with E-state index in [1.165, 1.54) is 40.0 Å². The lowest BCUT2D eigenvalue weighted by molar-refractivity contribution is 0.0696. The van der Waals surface area contributed by atoms with E-state index in [-0.39, 0.29) is 11.6 Å². The Hall–Kier alpha value is -4.26. The quantitative estimate of drug-likeness (QED) is 0.171. The molecule has 2 aliphatic carbocycles. The van der Waals surface area contributed by atoms with Gasteiger partial charge in [-0.15, -0.1) is 0 Å². The van der Waals surface area contributed by atoms with Gasteiger partial charge in [0.2, 0.25) is 0 Å². The van der Waals surface area contributed by atoms with Gasteiger partial charge in [-0.1, -0.05) is 63.6 Å². The van der Waals surface area contributed by atoms with Crippen LogP contribution in [-0.4, -0.2) is 41.3 Å². The van der Waals surface area contributed by atoms with Gasteiger partial charge in [0.1, 0.15) is 24.3 Å². The Morgan fingerprint density at radius 2 is 1.69 bits per heavy atom. The van der Waals surface area contributed by atoms with Crippen molar-refractivity contribution < 1.29 is 19.0 Å². The van der Waals surface area contributed by atoms with Crippen LogP contribution in [0.3, 0.4) is 0 Å². The number of para-hydroxylation sites is 1. The molecule has 1 aliphatic heterocycles. The second kappa shape index (κ2) is 16.2. The van der Waals surface area contributed by atoms with E-state index in [1.54, 1.807) is 24.3 Å². The lowest BCUT2D eigenvalue weighted by atomic mass is 9.87. The third-order valence-electron chi connectivity index (χ3n) is 9.77. The molecule has 6 rings (SSSR count). The van der Waals surface area contributed by atoms with Crippen molar-refractivity contribution in [2.45, 2.75) is 104 Å². The molecule has 1 heterocycles. The number of anilines is 2. The molecule has 2 saturated carbocycles. The Balaban J connectivity index is 0.00000221. The number of carboxylic acids is 1. The van der Waals surface area contributed by atoms with Crippen LogP contribution in [0.1, 0.15) is 106 Å². The van der Waals surface area contributed by atoms with E-state index >= 15 is 4.39 Å². The minimum atomic E-state index is -0.967. The predicted molar refractivity (Wildman–Crippen MR) is 195 cm³/mol. The van der Waals surface area contributed by atoms with Crippen LogP contribution in [0, 0.1) is 6.92 Å². The number of nitrogens with one attached hydrogen (secondary N) is 2. The molecule has 3 aromatic carbocycles. The number of allylic oxidation sites excluding steroid dienone is 3. The van der Waals surface area contributed by atoms with Crippen LogP contribution >= 0.6 is 0 Å². The summed E-state index contributed by atoms with van der Waals surface area (Å²) in [5, 5.41) is 16.7. The fourth-order valence-corrected chi connectivity index (χ4v) is 6.47. The van der Waals surface area contributed by atoms with Crippen LogP contribution in [0.2, 0.25) is 0 Å². The maximum atomic E-state index is 15.0. The zero-order chi connectivity index (χ0) is 34.2. The van der Waals surface area contributed by atoms with Gasteiger partial charge in [0, 0.05) is 36.5 Å². The Bertz CT molecular complexity index is 1620. The van der Waals surface area contributed by atoms with E-state index in [1.807, 2.05) is 13.8 Å². The summed E-state index contributed by atoms with van der Waals surface area (Å²) in [6.07, 6.45) is 6.84. The van der Waals surface area contributed by atoms with Crippen molar-refractivity contribution in [3.63, 3.8) is 0 Å². The smallest absolute Gasteiger partial charge is 0.335 e. The number of aryl methyl sites for hydroxylation is 1. The van der Waals surface area contributed by atoms with Gasteiger partial charge in [0.05, 0.1) is 11.6 Å². The molecule has 6 nitrogen and oxygen atoms in total. The van der Waals surface area contributed by atoms with Gasteiger partial charge in [-0.25, -0.2) is 9.18 Å². The molecule has 3 atom stereocenters. The van der Waals surface area contributed by atoms with Crippen LogP contribution in [0.5, 0.6) is 5.75 Å². The number of ether oxygens (including phenoxy) is 1. The highest BCUT2D eigenvalue weighted by Crippen LogP contribution is 2.39. The number of hydrogen-bond acceptors (Lipinski definition) is 5. The number of alkyl halides is 1. The number of carbonyl (C=O) groups is 1. The molecule has 256 valence electrons. The largest absolute Gasteiger partial charge is 0.491 e. The van der Waals surface area contributed by atoms with Crippen molar-refractivity contribution in [3.8, 4) is 5.75 Å². The number of rotatable bonds is 13. The van der Waals surface area contributed by atoms with Crippen molar-refractivity contribution in [1.29, 1.82) is 0 Å². The van der Waals surface area contributed by atoms with Gasteiger partial charge in [-0.3, -0.25) is 0 Å². The van der Waals surface area contributed by atoms with Crippen LogP contribution < -0.4 is 15.4 Å². The maximum Gasteiger partial charge on any atom is 0.335 e. The molecule has 3 aliphatic rings. The number of nitrogens with zero attached hydrogens (tertiary/aromatic N) is 1. The van der Waals surface area contributed by atoms with E-state index < -0.39 is 12.1 Å². The first-order valence-corrected chi connectivity index (χ1v) is 17.8. The van der Waals surface area contributed by atoms with Gasteiger partial charge in [-0.2, -0.15) is 0 Å². The SMILES string of the molecule is CC.CCC(C)c1cc(CC(=C2CCC2)N2CC(F)CC2COc2ccc(C(=O)O)cc2)ccc1NC(Nc1ccccc1C)=C1CC1. The van der Waals surface area contributed by atoms with E-state index in [0.29, 0.717) is 31.2 Å². The topological polar surface area (TPSA) is 73.8 Å². The summed E-state index contributed by atoms with van der Waals surface area (Å²) >= 11 is 0. The van der Waals surface area contributed by atoms with Gasteiger partial charge < -0.3 is 25.4 Å². The molecule has 3 unspecified atom stereocenters. The molecule has 0 aromatic heterocycles. The van der Waals surface area contributed by atoms with Crippen molar-refractivity contribution >= 4 is 17.3 Å². The van der Waals surface area contributed by atoms with Crippen molar-refractivity contribution in [3.05, 3.63) is 112 Å². The highest BCUT2D eigenvalue weighted by atomic mass is 19.1. The highest BCUT2D eigenvalue weighted by molar-refractivity contribution is 5.87. The Morgan fingerprint density at radius 3 is 2.31 bits per heavy atom. The van der Waals surface area contributed by atoms with Crippen LogP contribution in [0.4, 0.5) is 15.8 Å². The number of benzene rings is 3. The summed E-state index contributed by atoms with van der Waals surface area (Å²) < 4.78 is 21.1. The lowest BCUT2D eigenvalue weighted by Crippen LogP contribution is -2.36. The molecule has 0 amide bonds. The average molecular weight is 654 g/mol. The first-order valence-electron chi connectivity index (χ1n) is 17.8. The molecule has 0 bridgehead atoms. The molecule has 48 heavy (non-hydrogen) atoms. The van der Waals surface area contributed by atoms with E-state index in [9.17, 15) is 9.90 Å². The molecule has 3 N–H and O–H groups in total. The molecular weight excluding hydrogens is 601 g/mol. The summed E-state index contributed by atoms with van der Waals surface area (Å²) in [4.78, 5) is 13.5. The number of halogens is 1. The number of aromatic carboxylic acids is 1. The third-order valence-corrected chi connectivity index (χ3v) is 9.77. The van der Waals surface area contributed by atoms with Crippen molar-refractivity contribution in [2.75, 3.05) is 23.8 Å². The van der Waals surface area contributed by atoms with Gasteiger partial charge >= 0.3 is 5.97 Å². The molecule has 0 spiro atoms. The fraction of sp³-hybridized carbons (Fsp3) is 0.439. The van der Waals surface area contributed by atoms with Crippen LogP contribution in [0.15, 0.2) is 89.4 Å². The number of likely N-dealkylation sites (tertiary alicyclic amines) is 1. The van der Waals surface area contributed by atoms with Crippen molar-refractivity contribution in [1.82, 2.24) is 4.90 Å². The van der Waals surface area contributed by atoms with E-state index in [2.05, 4.69) is 78.8 Å². The zero-order valence-electron chi connectivity index (χ0n) is 29.2. The summed E-state index contributed by atoms with van der Waals surface area (Å²) in [5.74, 6) is 1.10. The van der Waals surface area contributed by atoms with Gasteiger partial charge in [0.15, 0.2) is 0 Å². The number of hydrogen-bond donors (Lipinski definition) is 3. The molecule has 0 radical (unpaired) electrons. The molecule has 3 aromatic rings. The zero-order valence-corrected chi connectivity index (χ0v) is 29.2. The first-order chi connectivity index (χ1) is 23.3. The van der Waals surface area contributed by atoms with Crippen LogP contribution in [0.25, 0.3) is 0 Å². The minimum Gasteiger partial charge on any atom is -0.491 e. The molecule has 7 heteroatoms. The average Bonchev–Trinajstić information content (AvgIpc) is 3.86. The van der Waals surface area contributed by atoms with Crippen molar-refractivity contribution in [2.24, 2.45) is 0 Å². The van der Waals surface area contributed by atoms with Gasteiger partial charge in [0.25, 0.3) is 0 Å². The lowest BCUT2D eigenvalue weighted by Gasteiger charge is -2.34. The summed E-state index contributed by atoms with van der Waals surface area (Å²) in [7, 11) is 0. The van der Waals surface area contributed by atoms with E-state index in [0.717, 1.165) is 55.7 Å². The summed E-state index contributed by atoms with van der Waals surface area (Å²) in [6.45, 7) is 11.4. The Morgan fingerprint density at radius 1 is 0.979 bits per heavy atom. The molecule has 1 saturated heterocycles. The summed E-state index contributed by atoms with van der Waals surface area (Å²) in [5.41, 5.74) is 10.3. The first kappa shape index (κ1) is 35.1. The summed E-state index contributed by atoms with van der Waals surface area (Å²) in [6, 6.07) is 21.6. The third kappa shape index (κ3) is 8.60. The molecule has 3 fully saturated rings. The monoisotopic (exact) mass is 653 g/mol.